The Morgan fingerprint density at radius 3 is 2.23 bits per heavy atom. The summed E-state index contributed by atoms with van der Waals surface area (Å²) in [6, 6.07) is 18.5. The first-order chi connectivity index (χ1) is 14.5. The Bertz CT molecular complexity index is 1140. The Morgan fingerprint density at radius 1 is 0.933 bits per heavy atom. The van der Waals surface area contributed by atoms with Crippen molar-refractivity contribution in [3.05, 3.63) is 95.2 Å². The van der Waals surface area contributed by atoms with Gasteiger partial charge in [-0.05, 0) is 42.7 Å². The van der Waals surface area contributed by atoms with Gasteiger partial charge in [0.05, 0.1) is 11.0 Å². The van der Waals surface area contributed by atoms with Crippen molar-refractivity contribution in [2.24, 2.45) is 0 Å². The summed E-state index contributed by atoms with van der Waals surface area (Å²) in [5.41, 5.74) is 3.02. The first kappa shape index (κ1) is 20.5. The molecular weight excluding hydrogens is 392 g/mol. The van der Waals surface area contributed by atoms with E-state index in [-0.39, 0.29) is 11.0 Å². The van der Waals surface area contributed by atoms with Crippen LogP contribution in [0.4, 0.5) is 0 Å². The second kappa shape index (κ2) is 7.84. The standard InChI is InChI=1S/C23H22ClN4.C2H6/c1-22(2,27-14-4-3-5-15-27)19-7-6-16-28-20(19)25-26-21(28)23(12-13-23)17-8-10-18(24)11-9-17;1-2/h3-11,14-16H,12-13H2,1-2H3;1-2H3/q+1;. The SMILES string of the molecule is CC.CC(C)(c1cccn2c(C3(c4ccc(Cl)cc4)CC3)nnc12)[n+]1ccccc1. The van der Waals surface area contributed by atoms with Gasteiger partial charge in [-0.15, -0.1) is 10.2 Å². The summed E-state index contributed by atoms with van der Waals surface area (Å²) in [5.74, 6) is 1.01. The minimum atomic E-state index is -0.245. The zero-order valence-corrected chi connectivity index (χ0v) is 18.8. The van der Waals surface area contributed by atoms with Crippen LogP contribution < -0.4 is 4.57 Å². The van der Waals surface area contributed by atoms with Gasteiger partial charge in [0.2, 0.25) is 0 Å². The number of nitrogens with zero attached hydrogens (tertiary/aromatic N) is 4. The molecule has 0 spiro atoms. The van der Waals surface area contributed by atoms with Gasteiger partial charge in [0.25, 0.3) is 0 Å². The van der Waals surface area contributed by atoms with E-state index in [0.29, 0.717) is 0 Å². The summed E-state index contributed by atoms with van der Waals surface area (Å²) in [7, 11) is 0. The molecule has 3 heterocycles. The Kier molecular flexibility index (Phi) is 5.37. The van der Waals surface area contributed by atoms with Crippen molar-refractivity contribution in [1.82, 2.24) is 14.6 Å². The van der Waals surface area contributed by atoms with Crippen molar-refractivity contribution in [3.63, 3.8) is 0 Å². The van der Waals surface area contributed by atoms with E-state index in [1.807, 2.05) is 32.0 Å². The summed E-state index contributed by atoms with van der Waals surface area (Å²) >= 11 is 6.10. The lowest BCUT2D eigenvalue weighted by Gasteiger charge is -2.20. The van der Waals surface area contributed by atoms with Crippen LogP contribution in [0.1, 0.15) is 57.5 Å². The molecule has 0 aliphatic heterocycles. The van der Waals surface area contributed by atoms with Crippen LogP contribution in [0.15, 0.2) is 73.2 Å². The predicted octanol–water partition coefficient (Wildman–Crippen LogP) is 5.56. The van der Waals surface area contributed by atoms with E-state index in [0.717, 1.165) is 34.9 Å². The molecule has 1 aliphatic rings. The molecule has 0 bridgehead atoms. The molecule has 5 rings (SSSR count). The van der Waals surface area contributed by atoms with Crippen LogP contribution in [-0.2, 0) is 11.0 Å². The van der Waals surface area contributed by atoms with E-state index < -0.39 is 0 Å². The quantitative estimate of drug-likeness (QED) is 0.406. The van der Waals surface area contributed by atoms with Crippen LogP contribution in [-0.4, -0.2) is 14.6 Å². The topological polar surface area (TPSA) is 34.1 Å². The van der Waals surface area contributed by atoms with Gasteiger partial charge in [-0.25, -0.2) is 0 Å². The molecule has 0 amide bonds. The molecule has 154 valence electrons. The predicted molar refractivity (Wildman–Crippen MR) is 121 cm³/mol. The highest BCUT2D eigenvalue weighted by Crippen LogP contribution is 2.53. The molecule has 0 radical (unpaired) electrons. The average Bonchev–Trinajstić information content (AvgIpc) is 3.47. The van der Waals surface area contributed by atoms with Gasteiger partial charge in [-0.2, -0.15) is 4.57 Å². The zero-order chi connectivity index (χ0) is 21.4. The van der Waals surface area contributed by atoms with Crippen molar-refractivity contribution in [1.29, 1.82) is 0 Å². The molecule has 1 saturated carbocycles. The van der Waals surface area contributed by atoms with Crippen LogP contribution >= 0.6 is 11.6 Å². The molecule has 0 unspecified atom stereocenters. The average molecular weight is 420 g/mol. The van der Waals surface area contributed by atoms with Crippen LogP contribution in [0.5, 0.6) is 0 Å². The maximum atomic E-state index is 6.10. The molecule has 1 aliphatic carbocycles. The van der Waals surface area contributed by atoms with E-state index in [4.69, 9.17) is 11.6 Å². The number of halogens is 1. The van der Waals surface area contributed by atoms with Crippen LogP contribution in [0, 0.1) is 0 Å². The minimum absolute atomic E-state index is 0.0628. The Labute approximate surface area is 183 Å². The van der Waals surface area contributed by atoms with E-state index in [9.17, 15) is 0 Å². The van der Waals surface area contributed by atoms with Gasteiger partial charge in [-0.3, -0.25) is 4.40 Å². The lowest BCUT2D eigenvalue weighted by molar-refractivity contribution is -0.747. The summed E-state index contributed by atoms with van der Waals surface area (Å²) in [5, 5.41) is 10.1. The number of aromatic nitrogens is 4. The molecule has 5 heteroatoms. The maximum absolute atomic E-state index is 6.10. The highest BCUT2D eigenvalue weighted by Gasteiger charge is 2.50. The second-order valence-electron chi connectivity index (χ2n) is 8.07. The molecule has 4 aromatic rings. The third kappa shape index (κ3) is 3.29. The molecular formula is C25H28ClN4+. The number of pyridine rings is 2. The fourth-order valence-electron chi connectivity index (χ4n) is 4.17. The third-order valence-corrected chi connectivity index (χ3v) is 6.28. The van der Waals surface area contributed by atoms with Crippen LogP contribution in [0.3, 0.4) is 0 Å². The van der Waals surface area contributed by atoms with E-state index in [1.54, 1.807) is 0 Å². The number of hydrogen-bond acceptors (Lipinski definition) is 2. The highest BCUT2D eigenvalue weighted by molar-refractivity contribution is 6.30. The smallest absolute Gasteiger partial charge is 0.191 e. The molecule has 0 atom stereocenters. The Hall–Kier alpha value is -2.72. The van der Waals surface area contributed by atoms with Gasteiger partial charge >= 0.3 is 0 Å². The first-order valence-electron chi connectivity index (χ1n) is 10.6. The number of benzene rings is 1. The lowest BCUT2D eigenvalue weighted by atomic mass is 9.93. The van der Waals surface area contributed by atoms with Gasteiger partial charge in [0.15, 0.2) is 23.6 Å². The highest BCUT2D eigenvalue weighted by atomic mass is 35.5. The first-order valence-corrected chi connectivity index (χ1v) is 11.0. The largest absolute Gasteiger partial charge is 0.285 e. The summed E-state index contributed by atoms with van der Waals surface area (Å²) in [4.78, 5) is 0. The minimum Gasteiger partial charge on any atom is -0.285 e. The molecule has 4 nitrogen and oxygen atoms in total. The zero-order valence-electron chi connectivity index (χ0n) is 18.0. The van der Waals surface area contributed by atoms with Crippen molar-refractivity contribution >= 4 is 17.2 Å². The number of fused-ring (bicyclic) bond motifs is 1. The molecule has 3 aromatic heterocycles. The monoisotopic (exact) mass is 419 g/mol. The second-order valence-corrected chi connectivity index (χ2v) is 8.51. The summed E-state index contributed by atoms with van der Waals surface area (Å²) in [6.45, 7) is 8.42. The van der Waals surface area contributed by atoms with Gasteiger partial charge in [0, 0.05) is 37.2 Å². The normalized spacial score (nSPS) is 14.8. The van der Waals surface area contributed by atoms with Crippen LogP contribution in [0.25, 0.3) is 5.65 Å². The third-order valence-electron chi connectivity index (χ3n) is 6.03. The fourth-order valence-corrected chi connectivity index (χ4v) is 4.29. The van der Waals surface area contributed by atoms with Gasteiger partial charge < -0.3 is 0 Å². The molecule has 1 aromatic carbocycles. The molecule has 1 fully saturated rings. The van der Waals surface area contributed by atoms with Gasteiger partial charge in [-0.1, -0.05) is 43.6 Å². The van der Waals surface area contributed by atoms with Crippen molar-refractivity contribution in [2.45, 2.75) is 51.5 Å². The number of rotatable bonds is 4. The van der Waals surface area contributed by atoms with Crippen LogP contribution in [0.2, 0.25) is 5.02 Å². The lowest BCUT2D eigenvalue weighted by Crippen LogP contribution is -2.52. The molecule has 30 heavy (non-hydrogen) atoms. The van der Waals surface area contributed by atoms with Crippen molar-refractivity contribution in [2.75, 3.05) is 0 Å². The van der Waals surface area contributed by atoms with Crippen molar-refractivity contribution in [3.8, 4) is 0 Å². The Balaban J connectivity index is 0.00000106. The van der Waals surface area contributed by atoms with E-state index >= 15 is 0 Å². The van der Waals surface area contributed by atoms with E-state index in [2.05, 4.69) is 88.0 Å². The summed E-state index contributed by atoms with van der Waals surface area (Å²) in [6.07, 6.45) is 8.43. The Morgan fingerprint density at radius 2 is 1.60 bits per heavy atom. The maximum Gasteiger partial charge on any atom is 0.191 e. The fraction of sp³-hybridized carbons (Fsp3) is 0.320. The van der Waals surface area contributed by atoms with Crippen molar-refractivity contribution < 1.29 is 4.57 Å². The molecule has 0 N–H and O–H groups in total. The van der Waals surface area contributed by atoms with Gasteiger partial charge in [0.1, 0.15) is 5.82 Å². The summed E-state index contributed by atoms with van der Waals surface area (Å²) < 4.78 is 4.38. The number of hydrogen-bond donors (Lipinski definition) is 0. The van der Waals surface area contributed by atoms with E-state index in [1.165, 1.54) is 5.56 Å². The molecule has 0 saturated heterocycles.